The summed E-state index contributed by atoms with van der Waals surface area (Å²) in [6.07, 6.45) is 2.97. The van der Waals surface area contributed by atoms with Crippen molar-refractivity contribution in [2.45, 2.75) is 36.2 Å². The molecule has 3 aliphatic rings. The van der Waals surface area contributed by atoms with Gasteiger partial charge in [0.15, 0.2) is 11.5 Å². The Morgan fingerprint density at radius 3 is 2.69 bits per heavy atom. The maximum atomic E-state index is 13.4. The molecule has 0 saturated heterocycles. The van der Waals surface area contributed by atoms with E-state index in [0.29, 0.717) is 35.3 Å². The first-order valence-corrected chi connectivity index (χ1v) is 13.2. The van der Waals surface area contributed by atoms with E-state index in [1.54, 1.807) is 40.6 Å². The molecule has 1 unspecified atom stereocenters. The molecule has 0 spiro atoms. The minimum atomic E-state index is -0.549. The molecule has 0 bridgehead atoms. The first-order chi connectivity index (χ1) is 17.7. The summed E-state index contributed by atoms with van der Waals surface area (Å²) >= 11 is 1.63. The Morgan fingerprint density at radius 2 is 1.81 bits per heavy atom. The molecular weight excluding hydrogens is 472 g/mol. The van der Waals surface area contributed by atoms with E-state index < -0.39 is 6.04 Å². The highest BCUT2D eigenvalue weighted by Crippen LogP contribution is 2.49. The van der Waals surface area contributed by atoms with Crippen LogP contribution < -0.4 is 20.3 Å². The number of aromatic nitrogens is 1. The molecule has 1 aliphatic carbocycles. The highest BCUT2D eigenvalue weighted by molar-refractivity contribution is 7.99. The fraction of sp³-hybridized carbons (Fsp3) is 0.241. The van der Waals surface area contributed by atoms with Crippen molar-refractivity contribution in [3.05, 3.63) is 93.8 Å². The van der Waals surface area contributed by atoms with Gasteiger partial charge in [0.1, 0.15) is 6.04 Å². The lowest BCUT2D eigenvalue weighted by atomic mass is 9.95. The van der Waals surface area contributed by atoms with Crippen LogP contribution in [0.5, 0.6) is 11.5 Å². The summed E-state index contributed by atoms with van der Waals surface area (Å²) in [5, 5.41) is 6.36. The first-order valence-electron chi connectivity index (χ1n) is 12.2. The third-order valence-electron chi connectivity index (χ3n) is 7.21. The van der Waals surface area contributed by atoms with Crippen LogP contribution >= 0.6 is 11.8 Å². The number of rotatable bonds is 5. The zero-order valence-electron chi connectivity index (χ0n) is 19.5. The van der Waals surface area contributed by atoms with E-state index in [1.165, 1.54) is 21.9 Å². The van der Waals surface area contributed by atoms with Gasteiger partial charge in [0.2, 0.25) is 12.7 Å². The number of nitrogens with one attached hydrogen (secondary N) is 1. The average molecular weight is 497 g/mol. The van der Waals surface area contributed by atoms with Gasteiger partial charge in [-0.15, -0.1) is 11.8 Å². The molecule has 7 rings (SSSR count). The van der Waals surface area contributed by atoms with Gasteiger partial charge in [0.05, 0.1) is 5.03 Å². The van der Waals surface area contributed by atoms with E-state index in [1.807, 2.05) is 0 Å². The fourth-order valence-electron chi connectivity index (χ4n) is 5.34. The topological polar surface area (TPSA) is 69.6 Å². The van der Waals surface area contributed by atoms with E-state index in [4.69, 9.17) is 9.47 Å². The number of pyridine rings is 1. The second kappa shape index (κ2) is 8.45. The number of anilines is 1. The molecule has 7 heteroatoms. The number of benzene rings is 3. The Balaban J connectivity index is 1.23. The molecule has 0 radical (unpaired) electrons. The zero-order chi connectivity index (χ0) is 24.2. The third kappa shape index (κ3) is 3.66. The number of nitrogens with zero attached hydrogens (tertiary/aromatic N) is 1. The maximum absolute atomic E-state index is 13.4. The SMILES string of the molecule is O=C(Nc1ccc2c(c1)OCO2)C1CSc2c(C3CC3)c(Cc3cccc4ccccc34)cc(=O)n21. The number of carbonyl (C=O) groups is 1. The number of fused-ring (bicyclic) bond motifs is 3. The molecule has 1 aromatic heterocycles. The summed E-state index contributed by atoms with van der Waals surface area (Å²) in [5.41, 5.74) is 4.09. The lowest BCUT2D eigenvalue weighted by Crippen LogP contribution is -2.33. The molecule has 6 nitrogen and oxygen atoms in total. The van der Waals surface area contributed by atoms with E-state index >= 15 is 0 Å². The molecule has 36 heavy (non-hydrogen) atoms. The third-order valence-corrected chi connectivity index (χ3v) is 8.38. The quantitative estimate of drug-likeness (QED) is 0.396. The van der Waals surface area contributed by atoms with E-state index in [-0.39, 0.29) is 18.3 Å². The largest absolute Gasteiger partial charge is 0.454 e. The lowest BCUT2D eigenvalue weighted by molar-refractivity contribution is -0.118. The minimum absolute atomic E-state index is 0.111. The monoisotopic (exact) mass is 496 g/mol. The van der Waals surface area contributed by atoms with E-state index in [9.17, 15) is 9.59 Å². The van der Waals surface area contributed by atoms with Gasteiger partial charge in [0, 0.05) is 23.6 Å². The van der Waals surface area contributed by atoms with Crippen molar-refractivity contribution in [1.82, 2.24) is 4.57 Å². The van der Waals surface area contributed by atoms with Crippen LogP contribution in [0.4, 0.5) is 5.69 Å². The number of hydrogen-bond donors (Lipinski definition) is 1. The van der Waals surface area contributed by atoms with Crippen LogP contribution in [0.15, 0.2) is 76.6 Å². The Bertz CT molecular complexity index is 1590. The van der Waals surface area contributed by atoms with E-state index in [2.05, 4.69) is 47.8 Å². The number of amides is 1. The summed E-state index contributed by atoms with van der Waals surface area (Å²) in [6.45, 7) is 0.180. The van der Waals surface area contributed by atoms with Gasteiger partial charge in [-0.2, -0.15) is 0 Å². The predicted molar refractivity (Wildman–Crippen MR) is 140 cm³/mol. The van der Waals surface area contributed by atoms with Gasteiger partial charge < -0.3 is 14.8 Å². The van der Waals surface area contributed by atoms with Gasteiger partial charge in [-0.05, 0) is 64.8 Å². The molecule has 1 amide bonds. The van der Waals surface area contributed by atoms with Gasteiger partial charge >= 0.3 is 0 Å². The zero-order valence-corrected chi connectivity index (χ0v) is 20.3. The number of carbonyl (C=O) groups excluding carboxylic acids is 1. The highest BCUT2D eigenvalue weighted by Gasteiger charge is 2.37. The van der Waals surface area contributed by atoms with Gasteiger partial charge in [-0.3, -0.25) is 14.2 Å². The van der Waals surface area contributed by atoms with Crippen LogP contribution in [0.25, 0.3) is 10.8 Å². The van der Waals surface area contributed by atoms with Crippen LogP contribution in [0, 0.1) is 0 Å². The number of ether oxygens (including phenoxy) is 2. The summed E-state index contributed by atoms with van der Waals surface area (Å²) in [5.74, 6) is 2.09. The molecule has 2 aliphatic heterocycles. The summed E-state index contributed by atoms with van der Waals surface area (Å²) in [4.78, 5) is 26.7. The van der Waals surface area contributed by atoms with Crippen molar-refractivity contribution < 1.29 is 14.3 Å². The Kier molecular flexibility index (Phi) is 5.06. The van der Waals surface area contributed by atoms with Crippen LogP contribution in [-0.2, 0) is 11.2 Å². The van der Waals surface area contributed by atoms with Crippen molar-refractivity contribution in [1.29, 1.82) is 0 Å². The molecule has 3 heterocycles. The van der Waals surface area contributed by atoms with E-state index in [0.717, 1.165) is 23.4 Å². The molecule has 180 valence electrons. The van der Waals surface area contributed by atoms with Crippen molar-refractivity contribution in [3.63, 3.8) is 0 Å². The van der Waals surface area contributed by atoms with Gasteiger partial charge in [0.25, 0.3) is 5.56 Å². The summed E-state index contributed by atoms with van der Waals surface area (Å²) in [7, 11) is 0. The smallest absolute Gasteiger partial charge is 0.252 e. The van der Waals surface area contributed by atoms with Crippen LogP contribution in [0.2, 0.25) is 0 Å². The first kappa shape index (κ1) is 21.6. The molecule has 4 aromatic rings. The van der Waals surface area contributed by atoms with Crippen LogP contribution in [0.3, 0.4) is 0 Å². The lowest BCUT2D eigenvalue weighted by Gasteiger charge is -2.18. The highest BCUT2D eigenvalue weighted by atomic mass is 32.2. The maximum Gasteiger partial charge on any atom is 0.252 e. The Morgan fingerprint density at radius 1 is 0.972 bits per heavy atom. The van der Waals surface area contributed by atoms with Crippen molar-refractivity contribution >= 4 is 34.1 Å². The molecule has 1 atom stereocenters. The summed E-state index contributed by atoms with van der Waals surface area (Å²) < 4.78 is 12.5. The normalized spacial score (nSPS) is 17.8. The molecule has 1 fully saturated rings. The summed E-state index contributed by atoms with van der Waals surface area (Å²) in [6, 6.07) is 21.3. The van der Waals surface area contributed by atoms with Crippen molar-refractivity contribution in [3.8, 4) is 11.5 Å². The molecular formula is C29H24N2O4S. The van der Waals surface area contributed by atoms with Crippen molar-refractivity contribution in [2.24, 2.45) is 0 Å². The Labute approximate surface area is 212 Å². The number of hydrogen-bond acceptors (Lipinski definition) is 5. The Hall–Kier alpha value is -3.71. The molecule has 1 saturated carbocycles. The fourth-order valence-corrected chi connectivity index (χ4v) is 6.76. The standard InChI is InChI=1S/C29H24N2O4S/c32-26-13-20(12-19-6-3-5-17-4-1-2-7-22(17)19)27(18-8-9-18)29-31(26)23(15-36-29)28(33)30-21-10-11-24-25(14-21)35-16-34-24/h1-7,10-11,13-14,18,23H,8-9,12,15-16H2,(H,30,33). The second-order valence-electron chi connectivity index (χ2n) is 9.57. The number of thioether (sulfide) groups is 1. The van der Waals surface area contributed by atoms with Crippen molar-refractivity contribution in [2.75, 3.05) is 17.9 Å². The van der Waals surface area contributed by atoms with Gasteiger partial charge in [-0.1, -0.05) is 42.5 Å². The molecule has 3 aromatic carbocycles. The van der Waals surface area contributed by atoms with Crippen LogP contribution in [-0.4, -0.2) is 23.0 Å². The predicted octanol–water partition coefficient (Wildman–Crippen LogP) is 5.48. The average Bonchev–Trinajstić information content (AvgIpc) is 3.43. The van der Waals surface area contributed by atoms with Crippen LogP contribution in [0.1, 0.15) is 41.5 Å². The minimum Gasteiger partial charge on any atom is -0.454 e. The second-order valence-corrected chi connectivity index (χ2v) is 10.6. The molecule has 1 N–H and O–H groups in total. The van der Waals surface area contributed by atoms with Gasteiger partial charge in [-0.25, -0.2) is 0 Å².